The van der Waals surface area contributed by atoms with Gasteiger partial charge in [0.05, 0.1) is 12.3 Å². The van der Waals surface area contributed by atoms with E-state index in [1.54, 1.807) is 12.1 Å². The third-order valence-electron chi connectivity index (χ3n) is 2.65. The molecule has 5 nitrogen and oxygen atoms in total. The first-order valence-corrected chi connectivity index (χ1v) is 7.18. The van der Waals surface area contributed by atoms with Crippen molar-refractivity contribution < 1.29 is 17.9 Å². The number of hydrogen-bond acceptors (Lipinski definition) is 4. The highest BCUT2D eigenvalue weighted by molar-refractivity contribution is 7.92. The molecule has 0 aromatic heterocycles. The molecule has 4 N–H and O–H groups in total. The molecule has 0 atom stereocenters. The van der Waals surface area contributed by atoms with Gasteiger partial charge in [0.2, 0.25) is 0 Å². The van der Waals surface area contributed by atoms with E-state index in [-0.39, 0.29) is 17.2 Å². The number of nitrogens with two attached hydrogens (primary N) is 1. The van der Waals surface area contributed by atoms with E-state index in [4.69, 9.17) is 10.8 Å². The summed E-state index contributed by atoms with van der Waals surface area (Å²) >= 11 is 0. The van der Waals surface area contributed by atoms with Crippen LogP contribution in [0.5, 0.6) is 0 Å². The molecule has 0 unspecified atom stereocenters. The Morgan fingerprint density at radius 2 is 1.80 bits per heavy atom. The lowest BCUT2D eigenvalue weighted by Gasteiger charge is -2.10. The predicted molar refractivity (Wildman–Crippen MR) is 74.0 cm³/mol. The van der Waals surface area contributed by atoms with Crippen molar-refractivity contribution in [3.8, 4) is 0 Å². The number of hydrogen-bond donors (Lipinski definition) is 3. The first-order valence-electron chi connectivity index (χ1n) is 5.70. The van der Waals surface area contributed by atoms with Crippen molar-refractivity contribution in [1.82, 2.24) is 0 Å². The molecule has 20 heavy (non-hydrogen) atoms. The van der Waals surface area contributed by atoms with E-state index >= 15 is 0 Å². The van der Waals surface area contributed by atoms with Crippen LogP contribution in [0.15, 0.2) is 47.4 Å². The molecular formula is C13H13FN2O3S. The second kappa shape index (κ2) is 5.48. The van der Waals surface area contributed by atoms with Crippen LogP contribution < -0.4 is 10.5 Å². The summed E-state index contributed by atoms with van der Waals surface area (Å²) in [6.07, 6.45) is 0. The van der Waals surface area contributed by atoms with Gasteiger partial charge in [-0.2, -0.15) is 0 Å². The van der Waals surface area contributed by atoms with Crippen LogP contribution >= 0.6 is 0 Å². The number of aliphatic hydroxyl groups excluding tert-OH is 1. The average molecular weight is 296 g/mol. The van der Waals surface area contributed by atoms with Crippen LogP contribution in [-0.2, 0) is 16.6 Å². The average Bonchev–Trinajstić information content (AvgIpc) is 2.38. The SMILES string of the molecule is Nc1cc(F)ccc1S(=O)(=O)Nc1ccc(CO)cc1. The second-order valence-electron chi connectivity index (χ2n) is 4.14. The fourth-order valence-electron chi connectivity index (χ4n) is 1.65. The number of nitrogen functional groups attached to an aromatic ring is 1. The Bertz CT molecular complexity index is 715. The molecule has 2 aromatic carbocycles. The number of aliphatic hydroxyl groups is 1. The number of sulfonamides is 1. The highest BCUT2D eigenvalue weighted by Gasteiger charge is 2.17. The van der Waals surface area contributed by atoms with Crippen LogP contribution in [0, 0.1) is 5.82 Å². The number of nitrogens with one attached hydrogen (secondary N) is 1. The minimum absolute atomic E-state index is 0.127. The number of benzene rings is 2. The summed E-state index contributed by atoms with van der Waals surface area (Å²) in [5, 5.41) is 8.91. The molecule has 0 heterocycles. The summed E-state index contributed by atoms with van der Waals surface area (Å²) in [6, 6.07) is 9.29. The van der Waals surface area contributed by atoms with Crippen LogP contribution in [0.25, 0.3) is 0 Å². The molecular weight excluding hydrogens is 283 g/mol. The van der Waals surface area contributed by atoms with Crippen molar-refractivity contribution in [3.05, 3.63) is 53.8 Å². The van der Waals surface area contributed by atoms with Crippen LogP contribution in [-0.4, -0.2) is 13.5 Å². The van der Waals surface area contributed by atoms with Gasteiger partial charge in [-0.3, -0.25) is 4.72 Å². The Labute approximate surface area is 115 Å². The van der Waals surface area contributed by atoms with Crippen molar-refractivity contribution in [2.45, 2.75) is 11.5 Å². The molecule has 7 heteroatoms. The fourth-order valence-corrected chi connectivity index (χ4v) is 2.83. The number of halogens is 1. The smallest absolute Gasteiger partial charge is 0.263 e. The molecule has 0 bridgehead atoms. The highest BCUT2D eigenvalue weighted by atomic mass is 32.2. The van der Waals surface area contributed by atoms with Crippen LogP contribution in [0.4, 0.5) is 15.8 Å². The summed E-state index contributed by atoms with van der Waals surface area (Å²) in [6.45, 7) is -0.127. The van der Waals surface area contributed by atoms with E-state index in [0.29, 0.717) is 11.3 Å². The monoisotopic (exact) mass is 296 g/mol. The molecule has 0 aliphatic carbocycles. The van der Waals surface area contributed by atoms with Gasteiger partial charge in [0, 0.05) is 5.69 Å². The van der Waals surface area contributed by atoms with Crippen molar-refractivity contribution in [2.75, 3.05) is 10.5 Å². The minimum atomic E-state index is -3.88. The Kier molecular flexibility index (Phi) is 3.91. The van der Waals surface area contributed by atoms with E-state index < -0.39 is 15.8 Å². The van der Waals surface area contributed by atoms with E-state index in [2.05, 4.69) is 4.72 Å². The van der Waals surface area contributed by atoms with Gasteiger partial charge in [-0.05, 0) is 35.9 Å². The largest absolute Gasteiger partial charge is 0.398 e. The third-order valence-corrected chi connectivity index (χ3v) is 4.11. The zero-order valence-corrected chi connectivity index (χ0v) is 11.2. The maximum atomic E-state index is 12.9. The Balaban J connectivity index is 2.30. The Morgan fingerprint density at radius 3 is 2.35 bits per heavy atom. The lowest BCUT2D eigenvalue weighted by Crippen LogP contribution is -2.15. The summed E-state index contributed by atoms with van der Waals surface area (Å²) < 4.78 is 39.5. The second-order valence-corrected chi connectivity index (χ2v) is 5.79. The van der Waals surface area contributed by atoms with Crippen LogP contribution in [0.1, 0.15) is 5.56 Å². The summed E-state index contributed by atoms with van der Waals surface area (Å²) in [5.41, 5.74) is 6.34. The maximum Gasteiger partial charge on any atom is 0.263 e. The summed E-state index contributed by atoms with van der Waals surface area (Å²) in [5.74, 6) is -0.603. The molecule has 0 aliphatic heterocycles. The Morgan fingerprint density at radius 1 is 1.15 bits per heavy atom. The van der Waals surface area contributed by atoms with Gasteiger partial charge in [-0.1, -0.05) is 12.1 Å². The van der Waals surface area contributed by atoms with Gasteiger partial charge in [-0.25, -0.2) is 12.8 Å². The predicted octanol–water partition coefficient (Wildman–Crippen LogP) is 1.70. The molecule has 0 aliphatic rings. The van der Waals surface area contributed by atoms with Gasteiger partial charge in [-0.15, -0.1) is 0 Å². The highest BCUT2D eigenvalue weighted by Crippen LogP contribution is 2.22. The van der Waals surface area contributed by atoms with Gasteiger partial charge >= 0.3 is 0 Å². The maximum absolute atomic E-state index is 12.9. The normalized spacial score (nSPS) is 11.3. The van der Waals surface area contributed by atoms with Gasteiger partial charge < -0.3 is 10.8 Å². The molecule has 0 spiro atoms. The lowest BCUT2D eigenvalue weighted by molar-refractivity contribution is 0.282. The van der Waals surface area contributed by atoms with E-state index in [9.17, 15) is 12.8 Å². The number of anilines is 2. The first kappa shape index (κ1) is 14.3. The van der Waals surface area contributed by atoms with E-state index in [1.807, 2.05) is 0 Å². The van der Waals surface area contributed by atoms with Gasteiger partial charge in [0.25, 0.3) is 10.0 Å². The third kappa shape index (κ3) is 3.06. The molecule has 0 radical (unpaired) electrons. The molecule has 0 saturated carbocycles. The topological polar surface area (TPSA) is 92.4 Å². The van der Waals surface area contributed by atoms with Gasteiger partial charge in [0.1, 0.15) is 10.7 Å². The molecule has 2 aromatic rings. The lowest BCUT2D eigenvalue weighted by atomic mass is 10.2. The van der Waals surface area contributed by atoms with Gasteiger partial charge in [0.15, 0.2) is 0 Å². The van der Waals surface area contributed by atoms with Crippen LogP contribution in [0.3, 0.4) is 0 Å². The molecule has 0 amide bonds. The molecule has 2 rings (SSSR count). The standard InChI is InChI=1S/C13H13FN2O3S/c14-10-3-6-13(12(15)7-10)20(18,19)16-11-4-1-9(8-17)2-5-11/h1-7,16-17H,8,15H2. The van der Waals surface area contributed by atoms with Crippen molar-refractivity contribution in [1.29, 1.82) is 0 Å². The fraction of sp³-hybridized carbons (Fsp3) is 0.0769. The first-order chi connectivity index (χ1) is 9.42. The van der Waals surface area contributed by atoms with E-state index in [0.717, 1.165) is 18.2 Å². The van der Waals surface area contributed by atoms with Crippen LogP contribution in [0.2, 0.25) is 0 Å². The molecule has 106 valence electrons. The van der Waals surface area contributed by atoms with Crippen molar-refractivity contribution >= 4 is 21.4 Å². The zero-order chi connectivity index (χ0) is 14.8. The van der Waals surface area contributed by atoms with Crippen molar-refractivity contribution in [2.24, 2.45) is 0 Å². The summed E-state index contributed by atoms with van der Waals surface area (Å²) in [4.78, 5) is -0.190. The Hall–Kier alpha value is -2.12. The molecule has 0 fully saturated rings. The van der Waals surface area contributed by atoms with Crippen molar-refractivity contribution in [3.63, 3.8) is 0 Å². The number of rotatable bonds is 4. The molecule has 0 saturated heterocycles. The summed E-state index contributed by atoms with van der Waals surface area (Å²) in [7, 11) is -3.88. The van der Waals surface area contributed by atoms with E-state index in [1.165, 1.54) is 12.1 Å². The minimum Gasteiger partial charge on any atom is -0.398 e. The zero-order valence-electron chi connectivity index (χ0n) is 10.4. The quantitative estimate of drug-likeness (QED) is 0.749.